The Morgan fingerprint density at radius 2 is 1.92 bits per heavy atom. The highest BCUT2D eigenvalue weighted by Crippen LogP contribution is 2.31. The number of benzene rings is 1. The molecule has 1 aliphatic rings. The van der Waals surface area contributed by atoms with Crippen LogP contribution in [0.2, 0.25) is 0 Å². The lowest BCUT2D eigenvalue weighted by atomic mass is 10.0. The molecule has 3 heterocycles. The van der Waals surface area contributed by atoms with Crippen LogP contribution in [-0.4, -0.2) is 28.0 Å². The van der Waals surface area contributed by atoms with Gasteiger partial charge in [-0.15, -0.1) is 0 Å². The third kappa shape index (κ3) is 2.73. The van der Waals surface area contributed by atoms with Gasteiger partial charge in [-0.1, -0.05) is 17.7 Å². The molecule has 3 nitrogen and oxygen atoms in total. The fraction of sp³-hybridized carbons (Fsp3) is 0.381. The van der Waals surface area contributed by atoms with Gasteiger partial charge < -0.3 is 9.47 Å². The number of aromatic nitrogens is 2. The molecule has 3 heteroatoms. The average molecular weight is 319 g/mol. The second-order valence-electron chi connectivity index (χ2n) is 7.16. The van der Waals surface area contributed by atoms with E-state index in [1.165, 1.54) is 39.0 Å². The number of pyridine rings is 1. The van der Waals surface area contributed by atoms with Crippen molar-refractivity contribution in [2.45, 2.75) is 39.8 Å². The molecule has 0 saturated heterocycles. The minimum absolute atomic E-state index is 0.986. The highest BCUT2D eigenvalue weighted by molar-refractivity contribution is 5.86. The van der Waals surface area contributed by atoms with Crippen LogP contribution in [0.15, 0.2) is 36.5 Å². The molecule has 3 aromatic rings. The number of nitrogens with zero attached hydrogens (tertiary/aromatic N) is 3. The van der Waals surface area contributed by atoms with E-state index in [1.54, 1.807) is 0 Å². The summed E-state index contributed by atoms with van der Waals surface area (Å²) in [5.41, 5.74) is 8.18. The lowest BCUT2D eigenvalue weighted by Crippen LogP contribution is -2.27. The average Bonchev–Trinajstić information content (AvgIpc) is 2.87. The lowest BCUT2D eigenvalue weighted by Gasteiger charge is -2.24. The molecule has 0 spiro atoms. The maximum atomic E-state index is 4.57. The van der Waals surface area contributed by atoms with E-state index in [0.29, 0.717) is 0 Å². The summed E-state index contributed by atoms with van der Waals surface area (Å²) in [6, 6.07) is 11.2. The Bertz CT molecular complexity index is 874. The predicted molar refractivity (Wildman–Crippen MR) is 99.4 cm³/mol. The summed E-state index contributed by atoms with van der Waals surface area (Å²) < 4.78 is 2.54. The summed E-state index contributed by atoms with van der Waals surface area (Å²) in [6.45, 7) is 7.49. The molecule has 0 fully saturated rings. The first kappa shape index (κ1) is 15.4. The molecule has 0 aliphatic carbocycles. The van der Waals surface area contributed by atoms with E-state index in [9.17, 15) is 0 Å². The number of rotatable bonds is 3. The van der Waals surface area contributed by atoms with Crippen molar-refractivity contribution < 1.29 is 0 Å². The molecule has 0 amide bonds. The molecule has 0 bridgehead atoms. The van der Waals surface area contributed by atoms with Crippen LogP contribution in [0.3, 0.4) is 0 Å². The van der Waals surface area contributed by atoms with Crippen LogP contribution in [0.25, 0.3) is 10.9 Å². The summed E-state index contributed by atoms with van der Waals surface area (Å²) in [5.74, 6) is 0. The van der Waals surface area contributed by atoms with Crippen LogP contribution in [-0.2, 0) is 25.9 Å². The summed E-state index contributed by atoms with van der Waals surface area (Å²) in [4.78, 5) is 7.00. The van der Waals surface area contributed by atoms with E-state index in [2.05, 4.69) is 65.7 Å². The molecule has 0 saturated carbocycles. The second kappa shape index (κ2) is 6.06. The molecular formula is C21H25N3. The summed E-state index contributed by atoms with van der Waals surface area (Å²) in [5, 5.41) is 1.44. The third-order valence-corrected chi connectivity index (χ3v) is 5.16. The van der Waals surface area contributed by atoms with Crippen LogP contribution in [0.1, 0.15) is 28.1 Å². The molecule has 0 radical (unpaired) electrons. The van der Waals surface area contributed by atoms with Crippen LogP contribution in [0.5, 0.6) is 0 Å². The van der Waals surface area contributed by atoms with Gasteiger partial charge in [0.25, 0.3) is 0 Å². The Labute approximate surface area is 143 Å². The molecule has 1 aromatic carbocycles. The van der Waals surface area contributed by atoms with Gasteiger partial charge in [0.15, 0.2) is 0 Å². The van der Waals surface area contributed by atoms with Crippen molar-refractivity contribution in [3.05, 3.63) is 64.6 Å². The van der Waals surface area contributed by atoms with E-state index in [1.807, 2.05) is 6.20 Å². The van der Waals surface area contributed by atoms with Crippen LogP contribution in [0, 0.1) is 13.8 Å². The second-order valence-corrected chi connectivity index (χ2v) is 7.16. The van der Waals surface area contributed by atoms with E-state index >= 15 is 0 Å². The number of likely N-dealkylation sites (N-methyl/N-ethyl adjacent to an activating group) is 1. The number of aryl methyl sites for hydroxylation is 4. The fourth-order valence-corrected chi connectivity index (χ4v) is 3.83. The highest BCUT2D eigenvalue weighted by Gasteiger charge is 2.22. The van der Waals surface area contributed by atoms with Gasteiger partial charge in [-0.05, 0) is 50.2 Å². The van der Waals surface area contributed by atoms with Crippen molar-refractivity contribution in [1.82, 2.24) is 14.5 Å². The third-order valence-electron chi connectivity index (χ3n) is 5.16. The summed E-state index contributed by atoms with van der Waals surface area (Å²) in [7, 11) is 2.22. The standard InChI is InChI=1S/C21H25N3/c1-15-5-7-20-18(12-15)19-14-23(3)10-9-21(19)24(20)11-8-17-6-4-16(2)13-22-17/h4-7,12-13H,8-11,14H2,1-3H3. The molecule has 124 valence electrons. The zero-order chi connectivity index (χ0) is 16.7. The maximum Gasteiger partial charge on any atom is 0.0486 e. The molecule has 2 aromatic heterocycles. The van der Waals surface area contributed by atoms with Crippen molar-refractivity contribution in [3.8, 4) is 0 Å². The van der Waals surface area contributed by atoms with Gasteiger partial charge in [-0.25, -0.2) is 0 Å². The van der Waals surface area contributed by atoms with Crippen LogP contribution in [0.4, 0.5) is 0 Å². The van der Waals surface area contributed by atoms with Crippen LogP contribution < -0.4 is 0 Å². The van der Waals surface area contributed by atoms with Crippen molar-refractivity contribution in [2.75, 3.05) is 13.6 Å². The van der Waals surface area contributed by atoms with Crippen LogP contribution >= 0.6 is 0 Å². The topological polar surface area (TPSA) is 21.1 Å². The maximum absolute atomic E-state index is 4.57. The molecule has 1 aliphatic heterocycles. The normalized spacial score (nSPS) is 15.0. The molecule has 0 N–H and O–H groups in total. The van der Waals surface area contributed by atoms with E-state index < -0.39 is 0 Å². The van der Waals surface area contributed by atoms with Crippen molar-refractivity contribution >= 4 is 10.9 Å². The SMILES string of the molecule is Cc1ccc(CCn2c3c(c4cc(C)ccc42)CN(C)CC3)nc1. The van der Waals surface area contributed by atoms with E-state index in [-0.39, 0.29) is 0 Å². The van der Waals surface area contributed by atoms with Gasteiger partial charge in [0, 0.05) is 61.0 Å². The van der Waals surface area contributed by atoms with Gasteiger partial charge >= 0.3 is 0 Å². The Morgan fingerprint density at radius 3 is 2.71 bits per heavy atom. The Balaban J connectivity index is 1.73. The molecule has 24 heavy (non-hydrogen) atoms. The highest BCUT2D eigenvalue weighted by atomic mass is 15.1. The zero-order valence-electron chi connectivity index (χ0n) is 14.8. The first-order chi connectivity index (χ1) is 11.6. The first-order valence-corrected chi connectivity index (χ1v) is 8.82. The Hall–Kier alpha value is -2.13. The van der Waals surface area contributed by atoms with Gasteiger partial charge in [-0.2, -0.15) is 0 Å². The minimum atomic E-state index is 0.986. The Kier molecular flexibility index (Phi) is 3.89. The monoisotopic (exact) mass is 319 g/mol. The zero-order valence-corrected chi connectivity index (χ0v) is 14.8. The summed E-state index contributed by atoms with van der Waals surface area (Å²) >= 11 is 0. The molecule has 0 atom stereocenters. The summed E-state index contributed by atoms with van der Waals surface area (Å²) in [6.07, 6.45) is 4.10. The van der Waals surface area contributed by atoms with E-state index in [4.69, 9.17) is 0 Å². The predicted octanol–water partition coefficient (Wildman–Crippen LogP) is 3.88. The number of hydrogen-bond donors (Lipinski definition) is 0. The number of fused-ring (bicyclic) bond motifs is 3. The molecule has 0 unspecified atom stereocenters. The van der Waals surface area contributed by atoms with Crippen molar-refractivity contribution in [2.24, 2.45) is 0 Å². The fourth-order valence-electron chi connectivity index (χ4n) is 3.83. The van der Waals surface area contributed by atoms with Crippen molar-refractivity contribution in [1.29, 1.82) is 0 Å². The molecular weight excluding hydrogens is 294 g/mol. The largest absolute Gasteiger partial charge is 0.344 e. The molecule has 4 rings (SSSR count). The van der Waals surface area contributed by atoms with Gasteiger partial charge in [0.1, 0.15) is 0 Å². The van der Waals surface area contributed by atoms with Gasteiger partial charge in [-0.3, -0.25) is 4.98 Å². The first-order valence-electron chi connectivity index (χ1n) is 8.82. The quantitative estimate of drug-likeness (QED) is 0.730. The van der Waals surface area contributed by atoms with Gasteiger partial charge in [0.05, 0.1) is 0 Å². The van der Waals surface area contributed by atoms with Gasteiger partial charge in [0.2, 0.25) is 0 Å². The van der Waals surface area contributed by atoms with E-state index in [0.717, 1.165) is 32.5 Å². The smallest absolute Gasteiger partial charge is 0.0486 e. The number of hydrogen-bond acceptors (Lipinski definition) is 2. The Morgan fingerprint density at radius 1 is 1.08 bits per heavy atom. The minimum Gasteiger partial charge on any atom is -0.344 e. The lowest BCUT2D eigenvalue weighted by molar-refractivity contribution is 0.309. The van der Waals surface area contributed by atoms with Crippen molar-refractivity contribution in [3.63, 3.8) is 0 Å².